The Morgan fingerprint density at radius 2 is 2.05 bits per heavy atom. The predicted octanol–water partition coefficient (Wildman–Crippen LogP) is 3.86. The summed E-state index contributed by atoms with van der Waals surface area (Å²) < 4.78 is 13.8. The highest BCUT2D eigenvalue weighted by molar-refractivity contribution is 9.10. The molecule has 0 aliphatic carbocycles. The number of hydrogen-bond acceptors (Lipinski definition) is 2. The molecular formula is C15H14BrFN2O. The summed E-state index contributed by atoms with van der Waals surface area (Å²) in [6.07, 6.45) is 0. The van der Waals surface area contributed by atoms with Gasteiger partial charge in [0.1, 0.15) is 5.82 Å². The summed E-state index contributed by atoms with van der Waals surface area (Å²) in [6.45, 7) is 1.95. The maximum absolute atomic E-state index is 13.1. The number of hydrogen-bond donors (Lipinski definition) is 2. The summed E-state index contributed by atoms with van der Waals surface area (Å²) in [5, 5.41) is 3.25. The van der Waals surface area contributed by atoms with Crippen molar-refractivity contribution < 1.29 is 9.18 Å². The number of benzene rings is 2. The van der Waals surface area contributed by atoms with Gasteiger partial charge in [0.25, 0.3) is 0 Å². The third-order valence-electron chi connectivity index (χ3n) is 2.96. The van der Waals surface area contributed by atoms with Gasteiger partial charge in [0.2, 0.25) is 5.91 Å². The molecule has 1 atom stereocenters. The van der Waals surface area contributed by atoms with Crippen molar-refractivity contribution in [3.63, 3.8) is 0 Å². The quantitative estimate of drug-likeness (QED) is 0.890. The number of primary amides is 1. The molecule has 0 radical (unpaired) electrons. The standard InChI is InChI=1S/C15H14BrFN2O/c1-9(13-6-5-11(17)8-14(13)16)19-12-4-2-3-10(7-12)15(18)20/h2-9,19H,1H3,(H2,18,20). The molecule has 0 aliphatic heterocycles. The van der Waals surface area contributed by atoms with Gasteiger partial charge in [0, 0.05) is 21.8 Å². The van der Waals surface area contributed by atoms with E-state index in [1.54, 1.807) is 24.3 Å². The lowest BCUT2D eigenvalue weighted by molar-refractivity contribution is 0.100. The zero-order chi connectivity index (χ0) is 14.7. The van der Waals surface area contributed by atoms with Crippen LogP contribution in [0, 0.1) is 5.82 Å². The van der Waals surface area contributed by atoms with Crippen LogP contribution in [-0.4, -0.2) is 5.91 Å². The van der Waals surface area contributed by atoms with E-state index in [4.69, 9.17) is 5.73 Å². The summed E-state index contributed by atoms with van der Waals surface area (Å²) in [5.41, 5.74) is 7.40. The van der Waals surface area contributed by atoms with E-state index in [9.17, 15) is 9.18 Å². The van der Waals surface area contributed by atoms with Crippen LogP contribution in [0.4, 0.5) is 10.1 Å². The number of carbonyl (C=O) groups excluding carboxylic acids is 1. The molecule has 0 aliphatic rings. The molecule has 1 amide bonds. The molecule has 0 saturated carbocycles. The normalized spacial score (nSPS) is 11.9. The minimum Gasteiger partial charge on any atom is -0.378 e. The first kappa shape index (κ1) is 14.5. The third kappa shape index (κ3) is 3.36. The van der Waals surface area contributed by atoms with Crippen LogP contribution in [0.3, 0.4) is 0 Å². The average Bonchev–Trinajstić information content (AvgIpc) is 2.38. The Morgan fingerprint density at radius 1 is 1.30 bits per heavy atom. The second-order valence-corrected chi connectivity index (χ2v) is 5.33. The number of carbonyl (C=O) groups is 1. The fourth-order valence-electron chi connectivity index (χ4n) is 1.94. The van der Waals surface area contributed by atoms with Crippen molar-refractivity contribution in [1.29, 1.82) is 0 Å². The summed E-state index contributed by atoms with van der Waals surface area (Å²) in [7, 11) is 0. The van der Waals surface area contributed by atoms with E-state index in [2.05, 4.69) is 21.2 Å². The van der Waals surface area contributed by atoms with E-state index in [1.807, 2.05) is 13.0 Å². The number of amides is 1. The van der Waals surface area contributed by atoms with Gasteiger partial charge >= 0.3 is 0 Å². The van der Waals surface area contributed by atoms with Crippen LogP contribution in [0.2, 0.25) is 0 Å². The Labute approximate surface area is 125 Å². The molecule has 2 rings (SSSR count). The van der Waals surface area contributed by atoms with Gasteiger partial charge in [0.15, 0.2) is 0 Å². The Kier molecular flexibility index (Phi) is 4.39. The van der Waals surface area contributed by atoms with Crippen molar-refractivity contribution >= 4 is 27.5 Å². The van der Waals surface area contributed by atoms with Crippen LogP contribution < -0.4 is 11.1 Å². The number of nitrogens with two attached hydrogens (primary N) is 1. The molecule has 3 nitrogen and oxygen atoms in total. The monoisotopic (exact) mass is 336 g/mol. The lowest BCUT2D eigenvalue weighted by Crippen LogP contribution is -2.12. The lowest BCUT2D eigenvalue weighted by Gasteiger charge is -2.17. The Hall–Kier alpha value is -1.88. The Morgan fingerprint density at radius 3 is 2.70 bits per heavy atom. The van der Waals surface area contributed by atoms with E-state index < -0.39 is 5.91 Å². The van der Waals surface area contributed by atoms with Crippen LogP contribution in [-0.2, 0) is 0 Å². The molecule has 104 valence electrons. The molecule has 0 spiro atoms. The highest BCUT2D eigenvalue weighted by atomic mass is 79.9. The minimum atomic E-state index is -0.468. The van der Waals surface area contributed by atoms with Gasteiger partial charge in [-0.2, -0.15) is 0 Å². The molecule has 2 aromatic rings. The van der Waals surface area contributed by atoms with Gasteiger partial charge in [-0.1, -0.05) is 28.1 Å². The van der Waals surface area contributed by atoms with Crippen molar-refractivity contribution in [3.05, 3.63) is 63.9 Å². The smallest absolute Gasteiger partial charge is 0.248 e. The molecule has 0 bridgehead atoms. The first-order valence-electron chi connectivity index (χ1n) is 6.08. The zero-order valence-electron chi connectivity index (χ0n) is 10.9. The fourth-order valence-corrected chi connectivity index (χ4v) is 2.64. The van der Waals surface area contributed by atoms with Crippen molar-refractivity contribution in [3.8, 4) is 0 Å². The molecule has 20 heavy (non-hydrogen) atoms. The second-order valence-electron chi connectivity index (χ2n) is 4.48. The van der Waals surface area contributed by atoms with E-state index in [0.717, 1.165) is 11.3 Å². The van der Waals surface area contributed by atoms with Gasteiger partial charge < -0.3 is 11.1 Å². The number of rotatable bonds is 4. The van der Waals surface area contributed by atoms with Crippen molar-refractivity contribution in [2.24, 2.45) is 5.73 Å². The number of halogens is 2. The Balaban J connectivity index is 2.21. The highest BCUT2D eigenvalue weighted by Crippen LogP contribution is 2.27. The van der Waals surface area contributed by atoms with Crippen molar-refractivity contribution in [2.75, 3.05) is 5.32 Å². The van der Waals surface area contributed by atoms with Crippen LogP contribution in [0.15, 0.2) is 46.9 Å². The summed E-state index contributed by atoms with van der Waals surface area (Å²) in [5.74, 6) is -0.757. The van der Waals surface area contributed by atoms with Gasteiger partial charge in [-0.15, -0.1) is 0 Å². The van der Waals surface area contributed by atoms with Gasteiger partial charge in [-0.3, -0.25) is 4.79 Å². The van der Waals surface area contributed by atoms with Crippen LogP contribution in [0.25, 0.3) is 0 Å². The fraction of sp³-hybridized carbons (Fsp3) is 0.133. The van der Waals surface area contributed by atoms with Crippen LogP contribution in [0.5, 0.6) is 0 Å². The molecule has 0 saturated heterocycles. The zero-order valence-corrected chi connectivity index (χ0v) is 12.4. The molecule has 3 N–H and O–H groups in total. The summed E-state index contributed by atoms with van der Waals surface area (Å²) in [4.78, 5) is 11.1. The number of nitrogens with one attached hydrogen (secondary N) is 1. The first-order valence-corrected chi connectivity index (χ1v) is 6.88. The predicted molar refractivity (Wildman–Crippen MR) is 81.1 cm³/mol. The maximum atomic E-state index is 13.1. The highest BCUT2D eigenvalue weighted by Gasteiger charge is 2.10. The molecular weight excluding hydrogens is 323 g/mol. The van der Waals surface area contributed by atoms with E-state index >= 15 is 0 Å². The topological polar surface area (TPSA) is 55.1 Å². The molecule has 0 heterocycles. The van der Waals surface area contributed by atoms with Crippen molar-refractivity contribution in [2.45, 2.75) is 13.0 Å². The number of anilines is 1. The van der Waals surface area contributed by atoms with E-state index in [-0.39, 0.29) is 11.9 Å². The van der Waals surface area contributed by atoms with E-state index in [0.29, 0.717) is 10.0 Å². The molecule has 1 unspecified atom stereocenters. The average molecular weight is 337 g/mol. The molecule has 0 fully saturated rings. The van der Waals surface area contributed by atoms with Gasteiger partial charge in [-0.05, 0) is 42.8 Å². The maximum Gasteiger partial charge on any atom is 0.248 e. The molecule has 2 aromatic carbocycles. The SMILES string of the molecule is CC(Nc1cccc(C(N)=O)c1)c1ccc(F)cc1Br. The summed E-state index contributed by atoms with van der Waals surface area (Å²) >= 11 is 3.34. The minimum absolute atomic E-state index is 0.0481. The van der Waals surface area contributed by atoms with E-state index in [1.165, 1.54) is 12.1 Å². The molecule has 5 heteroatoms. The van der Waals surface area contributed by atoms with Crippen LogP contribution >= 0.6 is 15.9 Å². The van der Waals surface area contributed by atoms with Crippen LogP contribution in [0.1, 0.15) is 28.9 Å². The third-order valence-corrected chi connectivity index (χ3v) is 3.65. The molecule has 0 aromatic heterocycles. The lowest BCUT2D eigenvalue weighted by atomic mass is 10.1. The van der Waals surface area contributed by atoms with Crippen molar-refractivity contribution in [1.82, 2.24) is 0 Å². The first-order chi connectivity index (χ1) is 9.47. The largest absolute Gasteiger partial charge is 0.378 e. The van der Waals surface area contributed by atoms with Gasteiger partial charge in [0.05, 0.1) is 0 Å². The Bertz CT molecular complexity index is 646. The van der Waals surface area contributed by atoms with Gasteiger partial charge in [-0.25, -0.2) is 4.39 Å². The second kappa shape index (κ2) is 6.05. The summed E-state index contributed by atoms with van der Waals surface area (Å²) in [6, 6.07) is 11.5.